The number of rotatable bonds is 11. The minimum atomic E-state index is -1.01. The van der Waals surface area contributed by atoms with Gasteiger partial charge in [0.1, 0.15) is 24.1 Å². The lowest BCUT2D eigenvalue weighted by molar-refractivity contribution is -0.132. The Labute approximate surface area is 192 Å². The third-order valence-electron chi connectivity index (χ3n) is 4.91. The second-order valence-electron chi connectivity index (χ2n) is 7.90. The highest BCUT2D eigenvalue weighted by atomic mass is 16.3. The lowest BCUT2D eigenvalue weighted by Crippen LogP contribution is -2.57. The normalized spacial score (nSPS) is 14.3. The first-order valence-corrected chi connectivity index (χ1v) is 10.6. The molecule has 0 bridgehead atoms. The van der Waals surface area contributed by atoms with E-state index in [9.17, 15) is 24.3 Å². The Morgan fingerprint density at radius 2 is 1.30 bits per heavy atom. The van der Waals surface area contributed by atoms with Gasteiger partial charge < -0.3 is 31.6 Å². The predicted octanol–water partition coefficient (Wildman–Crippen LogP) is 0.198. The van der Waals surface area contributed by atoms with Crippen LogP contribution in [0, 0.1) is 0 Å². The van der Waals surface area contributed by atoms with Crippen molar-refractivity contribution in [2.24, 2.45) is 5.73 Å². The highest BCUT2D eigenvalue weighted by molar-refractivity contribution is 5.93. The number of phenolic OH excluding ortho intramolecular Hbond substituents is 1. The zero-order chi connectivity index (χ0) is 24.4. The lowest BCUT2D eigenvalue weighted by atomic mass is 10.0. The molecular formula is C24H30N4O5. The fourth-order valence-electron chi connectivity index (χ4n) is 3.07. The maximum Gasteiger partial charge on any atom is 0.243 e. The molecular weight excluding hydrogens is 424 g/mol. The van der Waals surface area contributed by atoms with E-state index >= 15 is 0 Å². The number of nitrogens with two attached hydrogens (primary N) is 1. The van der Waals surface area contributed by atoms with Crippen LogP contribution in [0.3, 0.4) is 0 Å². The van der Waals surface area contributed by atoms with Crippen molar-refractivity contribution in [2.45, 2.75) is 50.9 Å². The summed E-state index contributed by atoms with van der Waals surface area (Å²) in [5.74, 6) is -1.54. The second-order valence-corrected chi connectivity index (χ2v) is 7.90. The fraction of sp³-hybridized carbons (Fsp3) is 0.333. The summed E-state index contributed by atoms with van der Waals surface area (Å²) in [6.07, 6.45) is 0.905. The molecule has 3 amide bonds. The van der Waals surface area contributed by atoms with Crippen molar-refractivity contribution in [3.05, 3.63) is 65.7 Å². The number of aldehydes is 1. The monoisotopic (exact) mass is 454 g/mol. The van der Waals surface area contributed by atoms with E-state index in [0.717, 1.165) is 5.56 Å². The minimum absolute atomic E-state index is 0.0725. The first-order chi connectivity index (χ1) is 15.7. The van der Waals surface area contributed by atoms with Crippen LogP contribution in [0.4, 0.5) is 0 Å². The summed E-state index contributed by atoms with van der Waals surface area (Å²) in [5.41, 5.74) is 7.15. The zero-order valence-corrected chi connectivity index (χ0v) is 18.7. The van der Waals surface area contributed by atoms with Gasteiger partial charge in [0, 0.05) is 12.8 Å². The van der Waals surface area contributed by atoms with Gasteiger partial charge in [-0.2, -0.15) is 0 Å². The molecule has 0 saturated carbocycles. The molecule has 33 heavy (non-hydrogen) atoms. The van der Waals surface area contributed by atoms with Crippen LogP contribution < -0.4 is 21.7 Å². The number of phenols is 1. The van der Waals surface area contributed by atoms with E-state index in [1.54, 1.807) is 12.1 Å². The van der Waals surface area contributed by atoms with Gasteiger partial charge in [-0.15, -0.1) is 0 Å². The van der Waals surface area contributed by atoms with Crippen molar-refractivity contribution in [2.75, 3.05) is 0 Å². The highest BCUT2D eigenvalue weighted by Gasteiger charge is 2.28. The molecule has 2 aromatic rings. The summed E-state index contributed by atoms with van der Waals surface area (Å²) >= 11 is 0. The average molecular weight is 455 g/mol. The Bertz CT molecular complexity index is 947. The van der Waals surface area contributed by atoms with Crippen molar-refractivity contribution < 1.29 is 24.3 Å². The molecule has 0 radical (unpaired) electrons. The van der Waals surface area contributed by atoms with Crippen molar-refractivity contribution in [1.82, 2.24) is 16.0 Å². The molecule has 2 aromatic carbocycles. The van der Waals surface area contributed by atoms with Gasteiger partial charge in [-0.25, -0.2) is 0 Å². The summed E-state index contributed by atoms with van der Waals surface area (Å²) in [5, 5.41) is 17.4. The van der Waals surface area contributed by atoms with E-state index in [-0.39, 0.29) is 18.6 Å². The molecule has 0 aliphatic rings. The first-order valence-electron chi connectivity index (χ1n) is 10.6. The first kappa shape index (κ1) is 25.5. The minimum Gasteiger partial charge on any atom is -0.508 e. The topological polar surface area (TPSA) is 151 Å². The summed E-state index contributed by atoms with van der Waals surface area (Å²) in [7, 11) is 0. The smallest absolute Gasteiger partial charge is 0.243 e. The van der Waals surface area contributed by atoms with Gasteiger partial charge in [0.25, 0.3) is 0 Å². The summed E-state index contributed by atoms with van der Waals surface area (Å²) < 4.78 is 0. The van der Waals surface area contributed by atoms with E-state index in [1.165, 1.54) is 26.0 Å². The molecule has 2 rings (SSSR count). The van der Waals surface area contributed by atoms with Crippen molar-refractivity contribution in [1.29, 1.82) is 0 Å². The van der Waals surface area contributed by atoms with E-state index in [0.29, 0.717) is 11.8 Å². The van der Waals surface area contributed by atoms with E-state index in [4.69, 9.17) is 5.73 Å². The van der Waals surface area contributed by atoms with Crippen LogP contribution in [0.25, 0.3) is 0 Å². The van der Waals surface area contributed by atoms with Crippen LogP contribution in [0.5, 0.6) is 5.75 Å². The SMILES string of the molecule is C[C@H](N)C(=O)N[C@@H](Cc1ccc(O)cc1)C(=O)N[C@@H](Cc1ccccc1)C(=O)N[C@@H](C)C=O. The molecule has 0 spiro atoms. The highest BCUT2D eigenvalue weighted by Crippen LogP contribution is 2.12. The molecule has 0 aromatic heterocycles. The van der Waals surface area contributed by atoms with Crippen LogP contribution in [-0.4, -0.2) is 53.3 Å². The van der Waals surface area contributed by atoms with Crippen LogP contribution in [0.15, 0.2) is 54.6 Å². The number of hydrogen-bond donors (Lipinski definition) is 5. The second kappa shape index (κ2) is 12.4. The summed E-state index contributed by atoms with van der Waals surface area (Å²) in [6, 6.07) is 11.8. The molecule has 0 aliphatic carbocycles. The average Bonchev–Trinajstić information content (AvgIpc) is 2.79. The van der Waals surface area contributed by atoms with Gasteiger partial charge in [0.15, 0.2) is 0 Å². The molecule has 0 unspecified atom stereocenters. The number of aromatic hydroxyl groups is 1. The molecule has 6 N–H and O–H groups in total. The third-order valence-corrected chi connectivity index (χ3v) is 4.91. The quantitative estimate of drug-likeness (QED) is 0.306. The Balaban J connectivity index is 2.24. The van der Waals surface area contributed by atoms with Gasteiger partial charge >= 0.3 is 0 Å². The van der Waals surface area contributed by atoms with Gasteiger partial charge in [-0.05, 0) is 37.1 Å². The lowest BCUT2D eigenvalue weighted by Gasteiger charge is -2.24. The van der Waals surface area contributed by atoms with Gasteiger partial charge in [-0.3, -0.25) is 14.4 Å². The van der Waals surface area contributed by atoms with Gasteiger partial charge in [0.2, 0.25) is 17.7 Å². The number of carbonyl (C=O) groups excluding carboxylic acids is 4. The van der Waals surface area contributed by atoms with Crippen LogP contribution >= 0.6 is 0 Å². The molecule has 0 aliphatic heterocycles. The largest absolute Gasteiger partial charge is 0.508 e. The molecule has 0 fully saturated rings. The molecule has 9 nitrogen and oxygen atoms in total. The predicted molar refractivity (Wildman–Crippen MR) is 123 cm³/mol. The van der Waals surface area contributed by atoms with Crippen molar-refractivity contribution >= 4 is 24.0 Å². The molecule has 9 heteroatoms. The van der Waals surface area contributed by atoms with Crippen molar-refractivity contribution in [3.8, 4) is 5.75 Å². The maximum absolute atomic E-state index is 13.2. The number of carbonyl (C=O) groups is 4. The standard InChI is InChI=1S/C24H30N4O5/c1-15(14-29)26-23(32)20(12-17-6-4-3-5-7-17)28-24(33)21(27-22(31)16(2)25)13-18-8-10-19(30)11-9-18/h3-11,14-16,20-21,30H,12-13,25H2,1-2H3,(H,26,32)(H,27,31)(H,28,33)/t15-,16-,20-,21-/m0/s1. The number of nitrogens with one attached hydrogen (secondary N) is 3. The van der Waals surface area contributed by atoms with Crippen LogP contribution in [-0.2, 0) is 32.0 Å². The van der Waals surface area contributed by atoms with E-state index < -0.39 is 41.9 Å². The fourth-order valence-corrected chi connectivity index (χ4v) is 3.07. The Morgan fingerprint density at radius 3 is 1.82 bits per heavy atom. The summed E-state index contributed by atoms with van der Waals surface area (Å²) in [6.45, 7) is 3.03. The van der Waals surface area contributed by atoms with Crippen LogP contribution in [0.2, 0.25) is 0 Å². The maximum atomic E-state index is 13.2. The van der Waals surface area contributed by atoms with Crippen molar-refractivity contribution in [3.63, 3.8) is 0 Å². The zero-order valence-electron chi connectivity index (χ0n) is 18.7. The van der Waals surface area contributed by atoms with Gasteiger partial charge in [-0.1, -0.05) is 42.5 Å². The number of hydrogen-bond acceptors (Lipinski definition) is 6. The summed E-state index contributed by atoms with van der Waals surface area (Å²) in [4.78, 5) is 49.2. The molecule has 0 heterocycles. The molecule has 176 valence electrons. The van der Waals surface area contributed by atoms with E-state index in [2.05, 4.69) is 16.0 Å². The third kappa shape index (κ3) is 8.38. The Hall–Kier alpha value is -3.72. The molecule has 0 saturated heterocycles. The Kier molecular flexibility index (Phi) is 9.56. The number of benzene rings is 2. The number of amides is 3. The van der Waals surface area contributed by atoms with Crippen LogP contribution in [0.1, 0.15) is 25.0 Å². The van der Waals surface area contributed by atoms with E-state index in [1.807, 2.05) is 30.3 Å². The van der Waals surface area contributed by atoms with Gasteiger partial charge in [0.05, 0.1) is 12.1 Å². The Morgan fingerprint density at radius 1 is 0.818 bits per heavy atom. The molecule has 4 atom stereocenters.